The van der Waals surface area contributed by atoms with Gasteiger partial charge in [0.15, 0.2) is 11.5 Å². The fourth-order valence-corrected chi connectivity index (χ4v) is 2.69. The smallest absolute Gasteiger partial charge is 0.175 e. The molecule has 4 nitrogen and oxygen atoms in total. The first-order valence-corrected chi connectivity index (χ1v) is 7.11. The van der Waals surface area contributed by atoms with Crippen LogP contribution in [0, 0.1) is 0 Å². The van der Waals surface area contributed by atoms with Gasteiger partial charge in [-0.2, -0.15) is 0 Å². The zero-order valence-electron chi connectivity index (χ0n) is 10.9. The van der Waals surface area contributed by atoms with Crippen molar-refractivity contribution < 1.29 is 19.0 Å². The topological polar surface area (TPSA) is 44.8 Å². The van der Waals surface area contributed by atoms with E-state index in [0.717, 1.165) is 36.6 Å². The minimum absolute atomic E-state index is 0.305. The lowest BCUT2D eigenvalue weighted by atomic mass is 10.2. The van der Waals surface area contributed by atoms with Gasteiger partial charge in [-0.25, -0.2) is 0 Å². The van der Waals surface area contributed by atoms with Crippen LogP contribution in [0.2, 0.25) is 0 Å². The highest BCUT2D eigenvalue weighted by Crippen LogP contribution is 2.36. The standard InChI is InChI=1S/C14H17BrO4/c1-17-13-8-10(9-16)7-12(15)14(13)19-6-4-11-3-2-5-18-11/h7-9,11H,2-6H2,1H3. The molecule has 0 spiro atoms. The maximum atomic E-state index is 10.8. The molecule has 0 amide bonds. The van der Waals surface area contributed by atoms with Crippen molar-refractivity contribution in [1.29, 1.82) is 0 Å². The van der Waals surface area contributed by atoms with Crippen LogP contribution in [0.25, 0.3) is 0 Å². The number of hydrogen-bond donors (Lipinski definition) is 0. The molecular weight excluding hydrogens is 312 g/mol. The molecular formula is C14H17BrO4. The summed E-state index contributed by atoms with van der Waals surface area (Å²) in [5.74, 6) is 1.19. The molecule has 1 heterocycles. The van der Waals surface area contributed by atoms with E-state index in [2.05, 4.69) is 15.9 Å². The van der Waals surface area contributed by atoms with Gasteiger partial charge in [0.25, 0.3) is 0 Å². The summed E-state index contributed by atoms with van der Waals surface area (Å²) in [6.07, 6.45) is 4.19. The average molecular weight is 329 g/mol. The Morgan fingerprint density at radius 2 is 2.37 bits per heavy atom. The van der Waals surface area contributed by atoms with Crippen molar-refractivity contribution in [3.05, 3.63) is 22.2 Å². The molecule has 0 radical (unpaired) electrons. The van der Waals surface area contributed by atoms with Crippen LogP contribution in [0.15, 0.2) is 16.6 Å². The Labute approximate surface area is 121 Å². The molecule has 0 saturated carbocycles. The maximum Gasteiger partial charge on any atom is 0.175 e. The number of ether oxygens (including phenoxy) is 3. The van der Waals surface area contributed by atoms with Crippen molar-refractivity contribution >= 4 is 22.2 Å². The molecule has 19 heavy (non-hydrogen) atoms. The monoisotopic (exact) mass is 328 g/mol. The van der Waals surface area contributed by atoms with E-state index in [9.17, 15) is 4.79 Å². The summed E-state index contributed by atoms with van der Waals surface area (Å²) >= 11 is 3.40. The molecule has 0 N–H and O–H groups in total. The van der Waals surface area contributed by atoms with E-state index in [-0.39, 0.29) is 0 Å². The van der Waals surface area contributed by atoms with Gasteiger partial charge >= 0.3 is 0 Å². The van der Waals surface area contributed by atoms with Gasteiger partial charge in [-0.3, -0.25) is 4.79 Å². The van der Waals surface area contributed by atoms with E-state index in [0.29, 0.717) is 29.8 Å². The van der Waals surface area contributed by atoms with E-state index < -0.39 is 0 Å². The molecule has 0 aromatic heterocycles. The Morgan fingerprint density at radius 3 is 3.00 bits per heavy atom. The number of aldehydes is 1. The third-order valence-electron chi connectivity index (χ3n) is 3.10. The Bertz CT molecular complexity index is 441. The Balaban J connectivity index is 1.99. The number of carbonyl (C=O) groups is 1. The summed E-state index contributed by atoms with van der Waals surface area (Å²) in [6, 6.07) is 3.39. The highest BCUT2D eigenvalue weighted by molar-refractivity contribution is 9.10. The second kappa shape index (κ2) is 6.91. The molecule has 1 unspecified atom stereocenters. The minimum Gasteiger partial charge on any atom is -0.493 e. The van der Waals surface area contributed by atoms with Crippen molar-refractivity contribution in [3.63, 3.8) is 0 Å². The summed E-state index contributed by atoms with van der Waals surface area (Å²) in [5, 5.41) is 0. The first-order chi connectivity index (χ1) is 9.24. The summed E-state index contributed by atoms with van der Waals surface area (Å²) in [5.41, 5.74) is 0.551. The fourth-order valence-electron chi connectivity index (χ4n) is 2.11. The lowest BCUT2D eigenvalue weighted by Crippen LogP contribution is -2.11. The number of methoxy groups -OCH3 is 1. The lowest BCUT2D eigenvalue weighted by molar-refractivity contribution is 0.0897. The number of benzene rings is 1. The molecule has 1 aromatic carbocycles. The van der Waals surface area contributed by atoms with Gasteiger partial charge in [0.1, 0.15) is 6.29 Å². The molecule has 0 bridgehead atoms. The largest absolute Gasteiger partial charge is 0.493 e. The normalized spacial score (nSPS) is 18.3. The van der Waals surface area contributed by atoms with Gasteiger partial charge in [0.05, 0.1) is 24.3 Å². The minimum atomic E-state index is 0.305. The highest BCUT2D eigenvalue weighted by atomic mass is 79.9. The predicted molar refractivity (Wildman–Crippen MR) is 75.2 cm³/mol. The van der Waals surface area contributed by atoms with Crippen LogP contribution in [0.1, 0.15) is 29.6 Å². The number of halogens is 1. The summed E-state index contributed by atoms with van der Waals surface area (Å²) < 4.78 is 17.3. The first kappa shape index (κ1) is 14.3. The van der Waals surface area contributed by atoms with Crippen LogP contribution in [0.5, 0.6) is 11.5 Å². The molecule has 1 aliphatic rings. The predicted octanol–water partition coefficient (Wildman–Crippen LogP) is 3.22. The lowest BCUT2D eigenvalue weighted by Gasteiger charge is -2.14. The Kier molecular flexibility index (Phi) is 5.22. The van der Waals surface area contributed by atoms with E-state index >= 15 is 0 Å². The van der Waals surface area contributed by atoms with Gasteiger partial charge in [-0.1, -0.05) is 0 Å². The summed E-state index contributed by atoms with van der Waals surface area (Å²) in [4.78, 5) is 10.8. The third kappa shape index (κ3) is 3.70. The quantitative estimate of drug-likeness (QED) is 0.752. The van der Waals surface area contributed by atoms with Crippen LogP contribution >= 0.6 is 15.9 Å². The van der Waals surface area contributed by atoms with Crippen molar-refractivity contribution in [2.24, 2.45) is 0 Å². The molecule has 104 valence electrons. The van der Waals surface area contributed by atoms with Crippen LogP contribution in [-0.4, -0.2) is 32.7 Å². The van der Waals surface area contributed by atoms with Crippen LogP contribution in [0.4, 0.5) is 0 Å². The van der Waals surface area contributed by atoms with Gasteiger partial charge in [-0.15, -0.1) is 0 Å². The Morgan fingerprint density at radius 1 is 1.53 bits per heavy atom. The van der Waals surface area contributed by atoms with Crippen LogP contribution in [0.3, 0.4) is 0 Å². The molecule has 1 saturated heterocycles. The third-order valence-corrected chi connectivity index (χ3v) is 3.69. The summed E-state index contributed by atoms with van der Waals surface area (Å²) in [7, 11) is 1.56. The molecule has 1 aliphatic heterocycles. The van der Waals surface area contributed by atoms with E-state index in [1.54, 1.807) is 19.2 Å². The van der Waals surface area contributed by atoms with Gasteiger partial charge in [-0.05, 0) is 40.9 Å². The van der Waals surface area contributed by atoms with Crippen molar-refractivity contribution in [2.75, 3.05) is 20.3 Å². The van der Waals surface area contributed by atoms with E-state index in [1.807, 2.05) is 0 Å². The maximum absolute atomic E-state index is 10.8. The average Bonchev–Trinajstić information content (AvgIpc) is 2.93. The van der Waals surface area contributed by atoms with Crippen molar-refractivity contribution in [3.8, 4) is 11.5 Å². The number of carbonyl (C=O) groups excluding carboxylic acids is 1. The van der Waals surface area contributed by atoms with Gasteiger partial charge in [0, 0.05) is 18.6 Å². The van der Waals surface area contributed by atoms with E-state index in [1.165, 1.54) is 0 Å². The Hall–Kier alpha value is -1.07. The molecule has 2 rings (SSSR count). The van der Waals surface area contributed by atoms with Gasteiger partial charge in [0.2, 0.25) is 0 Å². The fraction of sp³-hybridized carbons (Fsp3) is 0.500. The van der Waals surface area contributed by atoms with Crippen LogP contribution in [-0.2, 0) is 4.74 Å². The van der Waals surface area contributed by atoms with Gasteiger partial charge < -0.3 is 14.2 Å². The molecule has 5 heteroatoms. The number of rotatable bonds is 6. The summed E-state index contributed by atoms with van der Waals surface area (Å²) in [6.45, 7) is 1.42. The first-order valence-electron chi connectivity index (χ1n) is 6.31. The zero-order chi connectivity index (χ0) is 13.7. The van der Waals surface area contributed by atoms with Crippen LogP contribution < -0.4 is 9.47 Å². The van der Waals surface area contributed by atoms with Crippen molar-refractivity contribution in [1.82, 2.24) is 0 Å². The molecule has 0 aliphatic carbocycles. The van der Waals surface area contributed by atoms with E-state index in [4.69, 9.17) is 14.2 Å². The molecule has 1 aromatic rings. The number of hydrogen-bond acceptors (Lipinski definition) is 4. The SMILES string of the molecule is COc1cc(C=O)cc(Br)c1OCCC1CCCO1. The molecule has 1 fully saturated rings. The molecule has 1 atom stereocenters. The van der Waals surface area contributed by atoms with Crippen molar-refractivity contribution in [2.45, 2.75) is 25.4 Å². The zero-order valence-corrected chi connectivity index (χ0v) is 12.4. The second-order valence-electron chi connectivity index (χ2n) is 4.42. The highest BCUT2D eigenvalue weighted by Gasteiger charge is 2.17. The second-order valence-corrected chi connectivity index (χ2v) is 5.28.